The molecule has 0 aromatic heterocycles. The van der Waals surface area contributed by atoms with Crippen LogP contribution in [0.3, 0.4) is 0 Å². The number of nitrogens with zero attached hydrogens (tertiary/aromatic N) is 1. The molecule has 0 unspecified atom stereocenters. The quantitative estimate of drug-likeness (QED) is 0.305. The van der Waals surface area contributed by atoms with Gasteiger partial charge in [-0.1, -0.05) is 36.4 Å². The third kappa shape index (κ3) is 5.44. The zero-order valence-electron chi connectivity index (χ0n) is 21.6. The van der Waals surface area contributed by atoms with E-state index in [1.807, 2.05) is 55.5 Å². The average Bonchev–Trinajstić information content (AvgIpc) is 2.96. The van der Waals surface area contributed by atoms with Crippen LogP contribution >= 0.6 is 0 Å². The Morgan fingerprint density at radius 1 is 0.816 bits per heavy atom. The summed E-state index contributed by atoms with van der Waals surface area (Å²) < 4.78 is 23.9. The Bertz CT molecular complexity index is 1510. The second-order valence-electron chi connectivity index (χ2n) is 9.27. The molecule has 1 aliphatic heterocycles. The van der Waals surface area contributed by atoms with Gasteiger partial charge < -0.3 is 24.7 Å². The Balaban J connectivity index is 1.34. The van der Waals surface area contributed by atoms with Crippen molar-refractivity contribution in [1.82, 2.24) is 0 Å². The van der Waals surface area contributed by atoms with Gasteiger partial charge in [0, 0.05) is 18.2 Å². The molecular formula is C32H30N2O4. The highest BCUT2D eigenvalue weighted by Crippen LogP contribution is 2.36. The predicted molar refractivity (Wildman–Crippen MR) is 146 cm³/mol. The Kier molecular flexibility index (Phi) is 7.48. The molecule has 4 aromatic carbocycles. The van der Waals surface area contributed by atoms with Crippen molar-refractivity contribution >= 4 is 0 Å². The number of fused-ring (bicyclic) bond motifs is 1. The maximum Gasteiger partial charge on any atom is 0.161 e. The van der Waals surface area contributed by atoms with Crippen LogP contribution in [-0.2, 0) is 19.8 Å². The van der Waals surface area contributed by atoms with Gasteiger partial charge in [0.25, 0.3) is 0 Å². The number of hydrogen-bond acceptors (Lipinski definition) is 6. The van der Waals surface area contributed by atoms with Gasteiger partial charge in [-0.3, -0.25) is 0 Å². The largest absolute Gasteiger partial charge is 0.488 e. The number of aryl methyl sites for hydroxylation is 1. The summed E-state index contributed by atoms with van der Waals surface area (Å²) in [5, 5.41) is 9.16. The first-order chi connectivity index (χ1) is 18.6. The normalized spacial score (nSPS) is 12.1. The van der Waals surface area contributed by atoms with Crippen LogP contribution in [0.4, 0.5) is 0 Å². The molecule has 6 nitrogen and oxygen atoms in total. The minimum Gasteiger partial charge on any atom is -0.488 e. The van der Waals surface area contributed by atoms with E-state index in [1.54, 1.807) is 6.07 Å². The summed E-state index contributed by atoms with van der Waals surface area (Å²) in [6.45, 7) is 6.35. The number of benzene rings is 4. The van der Waals surface area contributed by atoms with Gasteiger partial charge in [0.15, 0.2) is 11.5 Å². The lowest BCUT2D eigenvalue weighted by Crippen LogP contribution is -2.15. The van der Waals surface area contributed by atoms with E-state index in [-0.39, 0.29) is 0 Å². The van der Waals surface area contributed by atoms with Gasteiger partial charge in [-0.25, -0.2) is 0 Å². The van der Waals surface area contributed by atoms with Crippen LogP contribution < -0.4 is 24.7 Å². The van der Waals surface area contributed by atoms with E-state index in [4.69, 9.17) is 29.9 Å². The molecule has 38 heavy (non-hydrogen) atoms. The van der Waals surface area contributed by atoms with E-state index in [1.165, 1.54) is 0 Å². The van der Waals surface area contributed by atoms with Crippen LogP contribution in [0.1, 0.15) is 33.4 Å². The first-order valence-electron chi connectivity index (χ1n) is 12.6. The molecule has 6 heteroatoms. The highest BCUT2D eigenvalue weighted by molar-refractivity contribution is 5.71. The summed E-state index contributed by atoms with van der Waals surface area (Å²) >= 11 is 0. The topological polar surface area (TPSA) is 86.7 Å². The molecule has 4 aromatic rings. The van der Waals surface area contributed by atoms with E-state index < -0.39 is 0 Å². The number of ether oxygens (including phenoxy) is 4. The second-order valence-corrected chi connectivity index (χ2v) is 9.27. The zero-order chi connectivity index (χ0) is 26.5. The molecule has 0 saturated heterocycles. The summed E-state index contributed by atoms with van der Waals surface area (Å²) in [7, 11) is 0. The molecule has 192 valence electrons. The summed E-state index contributed by atoms with van der Waals surface area (Å²) in [6, 6.07) is 25.8. The maximum absolute atomic E-state index is 9.16. The molecule has 0 atom stereocenters. The van der Waals surface area contributed by atoms with Crippen LogP contribution in [0.25, 0.3) is 11.1 Å². The number of nitrogens with two attached hydrogens (primary N) is 1. The average molecular weight is 507 g/mol. The van der Waals surface area contributed by atoms with Crippen molar-refractivity contribution in [2.75, 3.05) is 13.2 Å². The minimum absolute atomic E-state index is 0.335. The number of rotatable bonds is 8. The van der Waals surface area contributed by atoms with E-state index in [0.29, 0.717) is 44.3 Å². The smallest absolute Gasteiger partial charge is 0.161 e. The highest BCUT2D eigenvalue weighted by Gasteiger charge is 2.15. The molecule has 5 rings (SSSR count). The minimum atomic E-state index is 0.335. The van der Waals surface area contributed by atoms with Crippen molar-refractivity contribution in [2.45, 2.75) is 33.6 Å². The molecule has 0 aliphatic carbocycles. The Hall–Kier alpha value is -4.47. The van der Waals surface area contributed by atoms with Gasteiger partial charge >= 0.3 is 0 Å². The van der Waals surface area contributed by atoms with Gasteiger partial charge in [-0.2, -0.15) is 5.26 Å². The lowest BCUT2D eigenvalue weighted by atomic mass is 9.96. The molecule has 0 saturated carbocycles. The zero-order valence-corrected chi connectivity index (χ0v) is 21.6. The summed E-state index contributed by atoms with van der Waals surface area (Å²) in [5.41, 5.74) is 13.9. The second kappa shape index (κ2) is 11.3. The van der Waals surface area contributed by atoms with E-state index >= 15 is 0 Å². The SMILES string of the molecule is Cc1cc(CN)c(OCc2cccc(C#N)c2)cc1OCc1cccc(-c2ccc3c(c2)OCCO3)c1C. The summed E-state index contributed by atoms with van der Waals surface area (Å²) in [6.07, 6.45) is 0. The molecule has 0 fully saturated rings. The van der Waals surface area contributed by atoms with Crippen LogP contribution in [-0.4, -0.2) is 13.2 Å². The van der Waals surface area contributed by atoms with Gasteiger partial charge in [0.05, 0.1) is 11.6 Å². The Morgan fingerprint density at radius 2 is 1.61 bits per heavy atom. The van der Waals surface area contributed by atoms with Crippen LogP contribution in [0.5, 0.6) is 23.0 Å². The van der Waals surface area contributed by atoms with Crippen molar-refractivity contribution in [1.29, 1.82) is 5.26 Å². The van der Waals surface area contributed by atoms with Crippen LogP contribution in [0.2, 0.25) is 0 Å². The molecule has 0 amide bonds. The van der Waals surface area contributed by atoms with Crippen LogP contribution in [0, 0.1) is 25.2 Å². The first kappa shape index (κ1) is 25.2. The van der Waals surface area contributed by atoms with Gasteiger partial charge in [0.2, 0.25) is 0 Å². The third-order valence-electron chi connectivity index (χ3n) is 6.71. The fourth-order valence-corrected chi connectivity index (χ4v) is 4.59. The lowest BCUT2D eigenvalue weighted by molar-refractivity contribution is 0.171. The summed E-state index contributed by atoms with van der Waals surface area (Å²) in [5.74, 6) is 2.98. The van der Waals surface area contributed by atoms with Crippen molar-refractivity contribution in [3.63, 3.8) is 0 Å². The molecule has 0 bridgehead atoms. The van der Waals surface area contributed by atoms with Crippen molar-refractivity contribution in [2.24, 2.45) is 5.73 Å². The maximum atomic E-state index is 9.16. The van der Waals surface area contributed by atoms with Crippen LogP contribution in [0.15, 0.2) is 72.8 Å². The number of hydrogen-bond donors (Lipinski definition) is 1. The fourth-order valence-electron chi connectivity index (χ4n) is 4.59. The van der Waals surface area contributed by atoms with E-state index in [0.717, 1.165) is 56.2 Å². The standard InChI is InChI=1S/C32H30N2O4/c1-21-13-27(18-34)31(37-19-24-6-3-5-23(14-24)17-33)16-30(21)38-20-26-7-4-8-28(22(26)2)25-9-10-29-32(15-25)36-12-11-35-29/h3-10,13-16H,11-12,18-20,34H2,1-2H3. The first-order valence-corrected chi connectivity index (χ1v) is 12.6. The molecular weight excluding hydrogens is 476 g/mol. The molecule has 2 N–H and O–H groups in total. The Morgan fingerprint density at radius 3 is 2.42 bits per heavy atom. The molecule has 1 heterocycles. The monoisotopic (exact) mass is 506 g/mol. The van der Waals surface area contributed by atoms with Crippen molar-refractivity contribution < 1.29 is 18.9 Å². The van der Waals surface area contributed by atoms with Gasteiger partial charge in [0.1, 0.15) is 37.9 Å². The van der Waals surface area contributed by atoms with Crippen molar-refractivity contribution in [3.05, 3.63) is 106 Å². The van der Waals surface area contributed by atoms with Gasteiger partial charge in [-0.05, 0) is 77.6 Å². The van der Waals surface area contributed by atoms with E-state index in [9.17, 15) is 0 Å². The fraction of sp³-hybridized carbons (Fsp3) is 0.219. The Labute approximate surface area is 223 Å². The predicted octanol–water partition coefficient (Wildman–Crippen LogP) is 6.23. The molecule has 0 spiro atoms. The highest BCUT2D eigenvalue weighted by atomic mass is 16.6. The molecule has 0 radical (unpaired) electrons. The third-order valence-corrected chi connectivity index (χ3v) is 6.71. The lowest BCUT2D eigenvalue weighted by Gasteiger charge is -2.20. The molecule has 1 aliphatic rings. The van der Waals surface area contributed by atoms with E-state index in [2.05, 4.69) is 31.2 Å². The van der Waals surface area contributed by atoms with Crippen molar-refractivity contribution in [3.8, 4) is 40.2 Å². The number of nitriles is 1. The van der Waals surface area contributed by atoms with Gasteiger partial charge in [-0.15, -0.1) is 0 Å². The summed E-state index contributed by atoms with van der Waals surface area (Å²) in [4.78, 5) is 0.